The van der Waals surface area contributed by atoms with E-state index >= 15 is 0 Å². The first kappa shape index (κ1) is 13.5. The van der Waals surface area contributed by atoms with E-state index in [2.05, 4.69) is 10.3 Å². The van der Waals surface area contributed by atoms with Crippen LogP contribution in [0.15, 0.2) is 42.6 Å². The SMILES string of the molecule is O=C(Nc1ccc(I)cc1C(=O)O)c1ccccn1. The fourth-order valence-corrected chi connectivity index (χ4v) is 1.98. The van der Waals surface area contributed by atoms with Crippen molar-refractivity contribution in [3.05, 3.63) is 57.4 Å². The van der Waals surface area contributed by atoms with Crippen molar-refractivity contribution >= 4 is 40.2 Å². The molecule has 0 aliphatic rings. The quantitative estimate of drug-likeness (QED) is 0.817. The van der Waals surface area contributed by atoms with Crippen molar-refractivity contribution in [2.45, 2.75) is 0 Å². The molecule has 19 heavy (non-hydrogen) atoms. The van der Waals surface area contributed by atoms with Crippen molar-refractivity contribution in [2.75, 3.05) is 5.32 Å². The Kier molecular flexibility index (Phi) is 4.10. The Bertz CT molecular complexity index is 629. The number of pyridine rings is 1. The maximum absolute atomic E-state index is 11.9. The second kappa shape index (κ2) is 5.79. The number of aromatic nitrogens is 1. The van der Waals surface area contributed by atoms with E-state index in [1.165, 1.54) is 12.3 Å². The lowest BCUT2D eigenvalue weighted by atomic mass is 10.1. The molecule has 0 fully saturated rings. The van der Waals surface area contributed by atoms with Gasteiger partial charge in [0.25, 0.3) is 5.91 Å². The smallest absolute Gasteiger partial charge is 0.337 e. The zero-order valence-electron chi connectivity index (χ0n) is 9.63. The number of anilines is 1. The van der Waals surface area contributed by atoms with Gasteiger partial charge in [-0.25, -0.2) is 4.79 Å². The number of carboxylic acids is 1. The molecule has 5 nitrogen and oxygen atoms in total. The van der Waals surface area contributed by atoms with Crippen molar-refractivity contribution < 1.29 is 14.7 Å². The van der Waals surface area contributed by atoms with E-state index in [9.17, 15) is 9.59 Å². The number of amides is 1. The Labute approximate surface area is 122 Å². The lowest BCUT2D eigenvalue weighted by molar-refractivity contribution is 0.0698. The minimum absolute atomic E-state index is 0.0520. The lowest BCUT2D eigenvalue weighted by Gasteiger charge is -2.08. The summed E-state index contributed by atoms with van der Waals surface area (Å²) in [5.74, 6) is -1.53. The summed E-state index contributed by atoms with van der Waals surface area (Å²) in [6.07, 6.45) is 1.50. The van der Waals surface area contributed by atoms with Crippen LogP contribution in [0.2, 0.25) is 0 Å². The first-order chi connectivity index (χ1) is 9.08. The number of carbonyl (C=O) groups excluding carboxylic acids is 1. The topological polar surface area (TPSA) is 79.3 Å². The Balaban J connectivity index is 2.29. The standard InChI is InChI=1S/C13H9IN2O3/c14-8-4-5-10(9(7-8)13(18)19)16-12(17)11-3-1-2-6-15-11/h1-7H,(H,16,17)(H,18,19). The molecule has 2 rings (SSSR count). The van der Waals surface area contributed by atoms with Crippen LogP contribution in [-0.2, 0) is 0 Å². The van der Waals surface area contributed by atoms with Gasteiger partial charge in [0.2, 0.25) is 0 Å². The average molecular weight is 368 g/mol. The fourth-order valence-electron chi connectivity index (χ4n) is 1.49. The van der Waals surface area contributed by atoms with Crippen LogP contribution in [0.3, 0.4) is 0 Å². The number of rotatable bonds is 3. The molecule has 1 aromatic carbocycles. The monoisotopic (exact) mass is 368 g/mol. The summed E-state index contributed by atoms with van der Waals surface area (Å²) in [4.78, 5) is 26.9. The molecule has 6 heteroatoms. The lowest BCUT2D eigenvalue weighted by Crippen LogP contribution is -2.16. The number of hydrogen-bond acceptors (Lipinski definition) is 3. The highest BCUT2D eigenvalue weighted by Gasteiger charge is 2.14. The summed E-state index contributed by atoms with van der Waals surface area (Å²) < 4.78 is 0.783. The van der Waals surface area contributed by atoms with Crippen molar-refractivity contribution in [1.29, 1.82) is 0 Å². The largest absolute Gasteiger partial charge is 0.478 e. The summed E-state index contributed by atoms with van der Waals surface area (Å²) >= 11 is 2.01. The van der Waals surface area contributed by atoms with Crippen LogP contribution in [0, 0.1) is 3.57 Å². The Morgan fingerprint density at radius 1 is 1.21 bits per heavy atom. The molecule has 1 heterocycles. The van der Waals surface area contributed by atoms with Crippen molar-refractivity contribution in [2.24, 2.45) is 0 Å². The van der Waals surface area contributed by atoms with E-state index in [0.29, 0.717) is 0 Å². The number of nitrogens with one attached hydrogen (secondary N) is 1. The first-order valence-electron chi connectivity index (χ1n) is 5.33. The number of nitrogens with zero attached hydrogens (tertiary/aromatic N) is 1. The second-order valence-corrected chi connectivity index (χ2v) is 4.91. The van der Waals surface area contributed by atoms with Crippen LogP contribution in [0.1, 0.15) is 20.8 Å². The number of benzene rings is 1. The van der Waals surface area contributed by atoms with Crippen molar-refractivity contribution in [1.82, 2.24) is 4.98 Å². The third kappa shape index (κ3) is 3.28. The highest BCUT2D eigenvalue weighted by Crippen LogP contribution is 2.19. The predicted octanol–water partition coefficient (Wildman–Crippen LogP) is 2.64. The maximum atomic E-state index is 11.9. The van der Waals surface area contributed by atoms with Crippen LogP contribution in [0.5, 0.6) is 0 Å². The van der Waals surface area contributed by atoms with Gasteiger partial charge >= 0.3 is 5.97 Å². The number of halogens is 1. The van der Waals surface area contributed by atoms with Gasteiger partial charge in [-0.1, -0.05) is 6.07 Å². The van der Waals surface area contributed by atoms with Gasteiger partial charge in [0.05, 0.1) is 11.3 Å². The van der Waals surface area contributed by atoms with Gasteiger partial charge in [0.1, 0.15) is 5.69 Å². The average Bonchev–Trinajstić information content (AvgIpc) is 2.41. The first-order valence-corrected chi connectivity index (χ1v) is 6.41. The summed E-state index contributed by atoms with van der Waals surface area (Å²) in [5.41, 5.74) is 0.539. The van der Waals surface area contributed by atoms with Crippen LogP contribution < -0.4 is 5.32 Å². The van der Waals surface area contributed by atoms with Crippen LogP contribution in [0.4, 0.5) is 5.69 Å². The molecule has 2 aromatic rings. The predicted molar refractivity (Wildman–Crippen MR) is 78.3 cm³/mol. The van der Waals surface area contributed by atoms with E-state index in [1.54, 1.807) is 30.3 Å². The Morgan fingerprint density at radius 3 is 2.63 bits per heavy atom. The normalized spacial score (nSPS) is 9.95. The molecule has 1 amide bonds. The summed E-state index contributed by atoms with van der Waals surface area (Å²) in [7, 11) is 0. The van der Waals surface area contributed by atoms with Gasteiger partial charge in [0, 0.05) is 9.77 Å². The van der Waals surface area contributed by atoms with Gasteiger partial charge in [-0.05, 0) is 52.9 Å². The minimum atomic E-state index is -1.09. The molecular formula is C13H9IN2O3. The Morgan fingerprint density at radius 2 is 2.00 bits per heavy atom. The molecule has 0 saturated heterocycles. The molecule has 0 radical (unpaired) electrons. The van der Waals surface area contributed by atoms with Gasteiger partial charge in [-0.3, -0.25) is 9.78 Å². The number of carboxylic acid groups (broad SMARTS) is 1. The van der Waals surface area contributed by atoms with Gasteiger partial charge in [-0.15, -0.1) is 0 Å². The second-order valence-electron chi connectivity index (χ2n) is 3.66. The van der Waals surface area contributed by atoms with Crippen LogP contribution in [-0.4, -0.2) is 22.0 Å². The summed E-state index contributed by atoms with van der Waals surface area (Å²) in [6, 6.07) is 9.73. The summed E-state index contributed by atoms with van der Waals surface area (Å²) in [5, 5.41) is 11.7. The van der Waals surface area contributed by atoms with E-state index < -0.39 is 11.9 Å². The van der Waals surface area contributed by atoms with Crippen LogP contribution in [0.25, 0.3) is 0 Å². The van der Waals surface area contributed by atoms with Gasteiger partial charge < -0.3 is 10.4 Å². The number of hydrogen-bond donors (Lipinski definition) is 2. The zero-order valence-corrected chi connectivity index (χ0v) is 11.8. The molecule has 0 aliphatic heterocycles. The molecule has 2 N–H and O–H groups in total. The molecule has 0 atom stereocenters. The highest BCUT2D eigenvalue weighted by molar-refractivity contribution is 14.1. The Hall–Kier alpha value is -1.96. The molecule has 96 valence electrons. The third-order valence-corrected chi connectivity index (χ3v) is 3.03. The van der Waals surface area contributed by atoms with Crippen LogP contribution >= 0.6 is 22.6 Å². The van der Waals surface area contributed by atoms with E-state index in [0.717, 1.165) is 3.57 Å². The minimum Gasteiger partial charge on any atom is -0.478 e. The molecule has 0 aliphatic carbocycles. The highest BCUT2D eigenvalue weighted by atomic mass is 127. The molecular weight excluding hydrogens is 359 g/mol. The number of carbonyl (C=O) groups is 2. The molecule has 1 aromatic heterocycles. The van der Waals surface area contributed by atoms with Crippen molar-refractivity contribution in [3.8, 4) is 0 Å². The molecule has 0 spiro atoms. The molecule has 0 bridgehead atoms. The van der Waals surface area contributed by atoms with Gasteiger partial charge in [0.15, 0.2) is 0 Å². The summed E-state index contributed by atoms with van der Waals surface area (Å²) in [6.45, 7) is 0. The third-order valence-electron chi connectivity index (χ3n) is 2.36. The number of aromatic carboxylic acids is 1. The fraction of sp³-hybridized carbons (Fsp3) is 0. The molecule has 0 saturated carbocycles. The van der Waals surface area contributed by atoms with E-state index in [4.69, 9.17) is 5.11 Å². The maximum Gasteiger partial charge on any atom is 0.337 e. The molecule has 0 unspecified atom stereocenters. The van der Waals surface area contributed by atoms with Gasteiger partial charge in [-0.2, -0.15) is 0 Å². The van der Waals surface area contributed by atoms with E-state index in [-0.39, 0.29) is 16.9 Å². The van der Waals surface area contributed by atoms with E-state index in [1.807, 2.05) is 22.6 Å². The van der Waals surface area contributed by atoms with Crippen molar-refractivity contribution in [3.63, 3.8) is 0 Å². The zero-order chi connectivity index (χ0) is 13.8.